The molecule has 1 atom stereocenters. The first kappa shape index (κ1) is 9.95. The molecule has 72 valence electrons. The monoisotopic (exact) mass is 185 g/mol. The summed E-state index contributed by atoms with van der Waals surface area (Å²) in [6.07, 6.45) is 0. The molecule has 3 nitrogen and oxygen atoms in total. The number of aliphatic hydroxyl groups excluding tert-OH is 1. The van der Waals surface area contributed by atoms with Crippen LogP contribution in [0.1, 0.15) is 11.6 Å². The minimum Gasteiger partial charge on any atom is -0.494 e. The smallest absolute Gasteiger partial charge is 0.165 e. The second-order valence-electron chi connectivity index (χ2n) is 2.68. The van der Waals surface area contributed by atoms with E-state index < -0.39 is 11.9 Å². The maximum Gasteiger partial charge on any atom is 0.165 e. The lowest BCUT2D eigenvalue weighted by Crippen LogP contribution is -2.14. The number of hydrogen-bond donors (Lipinski definition) is 2. The van der Waals surface area contributed by atoms with Gasteiger partial charge in [-0.2, -0.15) is 0 Å². The third kappa shape index (κ3) is 2.17. The van der Waals surface area contributed by atoms with Crippen molar-refractivity contribution in [3.8, 4) is 5.75 Å². The molecule has 0 bridgehead atoms. The van der Waals surface area contributed by atoms with E-state index >= 15 is 0 Å². The predicted octanol–water partition coefficient (Wildman–Crippen LogP) is 0.826. The van der Waals surface area contributed by atoms with Gasteiger partial charge in [0.2, 0.25) is 0 Å². The van der Waals surface area contributed by atoms with Gasteiger partial charge in [-0.25, -0.2) is 4.39 Å². The highest BCUT2D eigenvalue weighted by atomic mass is 19.1. The Morgan fingerprint density at radius 1 is 1.62 bits per heavy atom. The average molecular weight is 185 g/mol. The summed E-state index contributed by atoms with van der Waals surface area (Å²) in [6.45, 7) is -0.203. The van der Waals surface area contributed by atoms with E-state index in [1.54, 1.807) is 6.07 Å². The van der Waals surface area contributed by atoms with Gasteiger partial charge in [0.25, 0.3) is 0 Å². The summed E-state index contributed by atoms with van der Waals surface area (Å²) in [5.41, 5.74) is 6.05. The molecule has 0 amide bonds. The molecule has 0 saturated heterocycles. The van der Waals surface area contributed by atoms with Crippen LogP contribution in [-0.4, -0.2) is 18.8 Å². The number of benzene rings is 1. The topological polar surface area (TPSA) is 55.5 Å². The van der Waals surface area contributed by atoms with Crippen LogP contribution >= 0.6 is 0 Å². The fourth-order valence-corrected chi connectivity index (χ4v) is 1.02. The van der Waals surface area contributed by atoms with Crippen molar-refractivity contribution in [1.82, 2.24) is 0 Å². The van der Waals surface area contributed by atoms with Gasteiger partial charge in [0.1, 0.15) is 0 Å². The third-order valence-corrected chi connectivity index (χ3v) is 1.80. The summed E-state index contributed by atoms with van der Waals surface area (Å²) in [4.78, 5) is 0. The summed E-state index contributed by atoms with van der Waals surface area (Å²) in [7, 11) is 1.39. The van der Waals surface area contributed by atoms with Crippen LogP contribution < -0.4 is 10.5 Å². The summed E-state index contributed by atoms with van der Waals surface area (Å²) in [6, 6.07) is 3.84. The number of methoxy groups -OCH3 is 1. The molecule has 1 unspecified atom stereocenters. The molecule has 0 radical (unpaired) electrons. The van der Waals surface area contributed by atoms with Crippen LogP contribution in [0.2, 0.25) is 0 Å². The Hall–Kier alpha value is -1.13. The summed E-state index contributed by atoms with van der Waals surface area (Å²) >= 11 is 0. The molecule has 0 spiro atoms. The van der Waals surface area contributed by atoms with Gasteiger partial charge in [0.15, 0.2) is 11.6 Å². The van der Waals surface area contributed by atoms with Crippen LogP contribution in [0.3, 0.4) is 0 Å². The molecule has 0 aromatic heterocycles. The Kier molecular flexibility index (Phi) is 3.22. The first-order valence-corrected chi connectivity index (χ1v) is 3.89. The summed E-state index contributed by atoms with van der Waals surface area (Å²) in [5, 5.41) is 8.73. The van der Waals surface area contributed by atoms with Gasteiger partial charge in [0, 0.05) is 0 Å². The van der Waals surface area contributed by atoms with Crippen molar-refractivity contribution in [1.29, 1.82) is 0 Å². The van der Waals surface area contributed by atoms with E-state index in [1.165, 1.54) is 19.2 Å². The number of halogens is 1. The van der Waals surface area contributed by atoms with Crippen molar-refractivity contribution >= 4 is 0 Å². The molecular formula is C9H12FNO2. The minimum atomic E-state index is -0.541. The van der Waals surface area contributed by atoms with Crippen LogP contribution in [0.15, 0.2) is 18.2 Å². The quantitative estimate of drug-likeness (QED) is 0.733. The largest absolute Gasteiger partial charge is 0.494 e. The highest BCUT2D eigenvalue weighted by Gasteiger charge is 2.08. The molecule has 4 heteroatoms. The number of aliphatic hydroxyl groups is 1. The number of nitrogens with two attached hydrogens (primary N) is 1. The molecule has 1 aromatic rings. The van der Waals surface area contributed by atoms with Crippen molar-refractivity contribution in [2.24, 2.45) is 5.73 Å². The lowest BCUT2D eigenvalue weighted by Gasteiger charge is -2.09. The van der Waals surface area contributed by atoms with Crippen LogP contribution in [0.4, 0.5) is 4.39 Å². The third-order valence-electron chi connectivity index (χ3n) is 1.80. The van der Waals surface area contributed by atoms with Crippen LogP contribution in [-0.2, 0) is 0 Å². The van der Waals surface area contributed by atoms with Gasteiger partial charge in [-0.15, -0.1) is 0 Å². The average Bonchev–Trinajstić information content (AvgIpc) is 2.16. The normalized spacial score (nSPS) is 12.6. The fraction of sp³-hybridized carbons (Fsp3) is 0.333. The molecule has 0 saturated carbocycles. The van der Waals surface area contributed by atoms with Crippen LogP contribution in [0.25, 0.3) is 0 Å². The molecule has 1 rings (SSSR count). The van der Waals surface area contributed by atoms with E-state index in [4.69, 9.17) is 15.6 Å². The Morgan fingerprint density at radius 3 is 2.77 bits per heavy atom. The van der Waals surface area contributed by atoms with E-state index in [1.807, 2.05) is 0 Å². The Bertz CT molecular complexity index is 291. The molecule has 0 heterocycles. The molecule has 1 aromatic carbocycles. The minimum absolute atomic E-state index is 0.175. The molecule has 0 aliphatic carbocycles. The van der Waals surface area contributed by atoms with Crippen molar-refractivity contribution in [2.75, 3.05) is 13.7 Å². The van der Waals surface area contributed by atoms with Gasteiger partial charge in [0.05, 0.1) is 19.8 Å². The number of ether oxygens (including phenoxy) is 1. The molecule has 0 fully saturated rings. The van der Waals surface area contributed by atoms with E-state index in [0.717, 1.165) is 0 Å². The van der Waals surface area contributed by atoms with Gasteiger partial charge in [-0.05, 0) is 17.7 Å². The van der Waals surface area contributed by atoms with Gasteiger partial charge < -0.3 is 15.6 Å². The van der Waals surface area contributed by atoms with Crippen LogP contribution in [0, 0.1) is 5.82 Å². The Morgan fingerprint density at radius 2 is 2.31 bits per heavy atom. The highest BCUT2D eigenvalue weighted by molar-refractivity contribution is 5.30. The van der Waals surface area contributed by atoms with Gasteiger partial charge in [-0.3, -0.25) is 0 Å². The van der Waals surface area contributed by atoms with E-state index in [2.05, 4.69) is 0 Å². The predicted molar refractivity (Wildman–Crippen MR) is 47.0 cm³/mol. The van der Waals surface area contributed by atoms with Crippen molar-refractivity contribution in [3.63, 3.8) is 0 Å². The number of hydrogen-bond acceptors (Lipinski definition) is 3. The second-order valence-corrected chi connectivity index (χ2v) is 2.68. The van der Waals surface area contributed by atoms with Crippen molar-refractivity contribution in [3.05, 3.63) is 29.6 Å². The molecule has 13 heavy (non-hydrogen) atoms. The van der Waals surface area contributed by atoms with Crippen molar-refractivity contribution in [2.45, 2.75) is 6.04 Å². The standard InChI is InChI=1S/C9H12FNO2/c1-13-9-3-2-6(4-7(9)10)8(11)5-12/h2-4,8,12H,5,11H2,1H3. The zero-order chi connectivity index (χ0) is 9.84. The maximum absolute atomic E-state index is 13.1. The van der Waals surface area contributed by atoms with Gasteiger partial charge in [-0.1, -0.05) is 6.07 Å². The zero-order valence-corrected chi connectivity index (χ0v) is 7.33. The molecular weight excluding hydrogens is 173 g/mol. The van der Waals surface area contributed by atoms with E-state index in [0.29, 0.717) is 5.56 Å². The SMILES string of the molecule is COc1ccc(C(N)CO)cc1F. The summed E-state index contributed by atoms with van der Waals surface area (Å²) in [5.74, 6) is -0.294. The van der Waals surface area contributed by atoms with E-state index in [9.17, 15) is 4.39 Å². The van der Waals surface area contributed by atoms with Crippen molar-refractivity contribution < 1.29 is 14.2 Å². The van der Waals surface area contributed by atoms with E-state index in [-0.39, 0.29) is 12.4 Å². The van der Waals surface area contributed by atoms with Crippen LogP contribution in [0.5, 0.6) is 5.75 Å². The first-order valence-electron chi connectivity index (χ1n) is 3.89. The second kappa shape index (κ2) is 4.20. The lowest BCUT2D eigenvalue weighted by molar-refractivity contribution is 0.267. The highest BCUT2D eigenvalue weighted by Crippen LogP contribution is 2.20. The Labute approximate surface area is 75.9 Å². The molecule has 0 aliphatic heterocycles. The maximum atomic E-state index is 13.1. The summed E-state index contributed by atoms with van der Waals surface area (Å²) < 4.78 is 17.8. The number of rotatable bonds is 3. The first-order chi connectivity index (χ1) is 6.19. The van der Waals surface area contributed by atoms with Gasteiger partial charge >= 0.3 is 0 Å². The zero-order valence-electron chi connectivity index (χ0n) is 7.33. The molecule has 0 aliphatic rings. The fourth-order valence-electron chi connectivity index (χ4n) is 1.02. The molecule has 3 N–H and O–H groups in total. The Balaban J connectivity index is 2.95. The lowest BCUT2D eigenvalue weighted by atomic mass is 10.1.